The molecule has 1 amide bonds. The standard InChI is InChI=1S/C13H11ClN2O/c1-9-5-4-6-10(14)12(9)16-13(17)11-7-2-3-8-15-11/h2-8H,1H3,(H,16,17). The molecule has 3 nitrogen and oxygen atoms in total. The molecule has 2 rings (SSSR count). The molecule has 0 spiro atoms. The Balaban J connectivity index is 2.25. The Labute approximate surface area is 104 Å². The smallest absolute Gasteiger partial charge is 0.274 e. The third-order valence-corrected chi connectivity index (χ3v) is 2.67. The molecule has 1 aromatic heterocycles. The fourth-order valence-electron chi connectivity index (χ4n) is 1.46. The number of carbonyl (C=O) groups is 1. The zero-order chi connectivity index (χ0) is 12.3. The van der Waals surface area contributed by atoms with Crippen LogP contribution in [-0.2, 0) is 0 Å². The van der Waals surface area contributed by atoms with E-state index in [1.807, 2.05) is 19.1 Å². The van der Waals surface area contributed by atoms with Gasteiger partial charge in [0.25, 0.3) is 5.91 Å². The molecule has 0 saturated carbocycles. The Kier molecular flexibility index (Phi) is 3.40. The molecule has 0 radical (unpaired) electrons. The Morgan fingerprint density at radius 2 is 2.06 bits per heavy atom. The molecule has 0 fully saturated rings. The summed E-state index contributed by atoms with van der Waals surface area (Å²) in [5, 5.41) is 3.28. The highest BCUT2D eigenvalue weighted by atomic mass is 35.5. The van der Waals surface area contributed by atoms with Gasteiger partial charge in [-0.2, -0.15) is 0 Å². The van der Waals surface area contributed by atoms with Gasteiger partial charge in [0, 0.05) is 6.20 Å². The fraction of sp³-hybridized carbons (Fsp3) is 0.0769. The molecule has 2 aromatic rings. The quantitative estimate of drug-likeness (QED) is 0.884. The summed E-state index contributed by atoms with van der Waals surface area (Å²) >= 11 is 6.03. The number of anilines is 1. The highest BCUT2D eigenvalue weighted by Crippen LogP contribution is 2.25. The number of aromatic nitrogens is 1. The highest BCUT2D eigenvalue weighted by Gasteiger charge is 2.10. The van der Waals surface area contributed by atoms with Gasteiger partial charge in [-0.1, -0.05) is 29.8 Å². The summed E-state index contributed by atoms with van der Waals surface area (Å²) in [6.45, 7) is 1.89. The van der Waals surface area contributed by atoms with Gasteiger partial charge >= 0.3 is 0 Å². The molecule has 86 valence electrons. The van der Waals surface area contributed by atoms with E-state index in [0.717, 1.165) is 5.56 Å². The molecular formula is C13H11ClN2O. The Morgan fingerprint density at radius 1 is 1.24 bits per heavy atom. The topological polar surface area (TPSA) is 42.0 Å². The number of amides is 1. The number of nitrogens with one attached hydrogen (secondary N) is 1. The molecule has 0 unspecified atom stereocenters. The normalized spacial score (nSPS) is 10.0. The summed E-state index contributed by atoms with van der Waals surface area (Å²) in [5.41, 5.74) is 1.92. The number of hydrogen-bond donors (Lipinski definition) is 1. The monoisotopic (exact) mass is 246 g/mol. The largest absolute Gasteiger partial charge is 0.319 e. The molecule has 1 aromatic carbocycles. The second-order valence-corrected chi connectivity index (χ2v) is 4.01. The number of carbonyl (C=O) groups excluding carboxylic acids is 1. The van der Waals surface area contributed by atoms with Gasteiger partial charge in [0.2, 0.25) is 0 Å². The van der Waals surface area contributed by atoms with E-state index in [-0.39, 0.29) is 5.91 Å². The first-order chi connectivity index (χ1) is 8.18. The molecular weight excluding hydrogens is 236 g/mol. The first-order valence-corrected chi connectivity index (χ1v) is 5.54. The van der Waals surface area contributed by atoms with E-state index in [1.54, 1.807) is 30.5 Å². The molecule has 0 saturated heterocycles. The first kappa shape index (κ1) is 11.6. The minimum Gasteiger partial charge on any atom is -0.319 e. The second kappa shape index (κ2) is 4.97. The van der Waals surface area contributed by atoms with Crippen LogP contribution in [-0.4, -0.2) is 10.9 Å². The average Bonchev–Trinajstić information content (AvgIpc) is 2.35. The van der Waals surface area contributed by atoms with E-state index in [4.69, 9.17) is 11.6 Å². The van der Waals surface area contributed by atoms with Crippen molar-refractivity contribution in [1.29, 1.82) is 0 Å². The summed E-state index contributed by atoms with van der Waals surface area (Å²) in [5.74, 6) is -0.262. The van der Waals surface area contributed by atoms with Crippen molar-refractivity contribution < 1.29 is 4.79 Å². The summed E-state index contributed by atoms with van der Waals surface area (Å²) in [4.78, 5) is 15.9. The molecule has 1 N–H and O–H groups in total. The number of halogens is 1. The van der Waals surface area contributed by atoms with Gasteiger partial charge in [-0.15, -0.1) is 0 Å². The van der Waals surface area contributed by atoms with Crippen molar-refractivity contribution in [2.75, 3.05) is 5.32 Å². The van der Waals surface area contributed by atoms with E-state index < -0.39 is 0 Å². The maximum Gasteiger partial charge on any atom is 0.274 e. The molecule has 17 heavy (non-hydrogen) atoms. The van der Waals surface area contributed by atoms with Crippen LogP contribution in [0, 0.1) is 6.92 Å². The molecule has 0 aliphatic heterocycles. The Morgan fingerprint density at radius 3 is 2.71 bits per heavy atom. The molecule has 0 aliphatic carbocycles. The Bertz CT molecular complexity index is 520. The maximum absolute atomic E-state index is 11.9. The Hall–Kier alpha value is -1.87. The molecule has 0 atom stereocenters. The van der Waals surface area contributed by atoms with Crippen molar-refractivity contribution in [3.05, 3.63) is 58.9 Å². The van der Waals surface area contributed by atoms with Crippen LogP contribution in [0.1, 0.15) is 16.1 Å². The van der Waals surface area contributed by atoms with E-state index in [0.29, 0.717) is 16.4 Å². The fourth-order valence-corrected chi connectivity index (χ4v) is 1.73. The lowest BCUT2D eigenvalue weighted by molar-refractivity contribution is 0.102. The predicted octanol–water partition coefficient (Wildman–Crippen LogP) is 3.30. The summed E-state index contributed by atoms with van der Waals surface area (Å²) in [7, 11) is 0. The lowest BCUT2D eigenvalue weighted by atomic mass is 10.2. The van der Waals surface area contributed by atoms with Crippen molar-refractivity contribution in [2.45, 2.75) is 6.92 Å². The molecule has 0 aliphatic rings. The van der Waals surface area contributed by atoms with Gasteiger partial charge in [0.1, 0.15) is 5.69 Å². The first-order valence-electron chi connectivity index (χ1n) is 5.16. The van der Waals surface area contributed by atoms with E-state index in [1.165, 1.54) is 0 Å². The van der Waals surface area contributed by atoms with Crippen LogP contribution in [0.2, 0.25) is 5.02 Å². The predicted molar refractivity (Wildman–Crippen MR) is 68.4 cm³/mol. The summed E-state index contributed by atoms with van der Waals surface area (Å²) in [6, 6.07) is 10.6. The minimum absolute atomic E-state index is 0.262. The summed E-state index contributed by atoms with van der Waals surface area (Å²) in [6.07, 6.45) is 1.58. The van der Waals surface area contributed by atoms with E-state index in [9.17, 15) is 4.79 Å². The molecule has 0 bridgehead atoms. The van der Waals surface area contributed by atoms with Gasteiger partial charge in [-0.25, -0.2) is 0 Å². The second-order valence-electron chi connectivity index (χ2n) is 3.60. The zero-order valence-electron chi connectivity index (χ0n) is 9.27. The van der Waals surface area contributed by atoms with Crippen molar-refractivity contribution in [2.24, 2.45) is 0 Å². The van der Waals surface area contributed by atoms with Crippen LogP contribution in [0.15, 0.2) is 42.6 Å². The van der Waals surface area contributed by atoms with Crippen molar-refractivity contribution >= 4 is 23.2 Å². The number of hydrogen-bond acceptors (Lipinski definition) is 2. The number of pyridine rings is 1. The number of benzene rings is 1. The van der Waals surface area contributed by atoms with Crippen LogP contribution in [0.3, 0.4) is 0 Å². The van der Waals surface area contributed by atoms with Crippen LogP contribution in [0.4, 0.5) is 5.69 Å². The SMILES string of the molecule is Cc1cccc(Cl)c1NC(=O)c1ccccn1. The van der Waals surface area contributed by atoms with Gasteiger partial charge in [-0.3, -0.25) is 9.78 Å². The van der Waals surface area contributed by atoms with Crippen LogP contribution < -0.4 is 5.32 Å². The molecule has 4 heteroatoms. The maximum atomic E-state index is 11.9. The van der Waals surface area contributed by atoms with Crippen molar-refractivity contribution in [3.63, 3.8) is 0 Å². The van der Waals surface area contributed by atoms with Crippen LogP contribution in [0.5, 0.6) is 0 Å². The number of nitrogens with zero attached hydrogens (tertiary/aromatic N) is 1. The summed E-state index contributed by atoms with van der Waals surface area (Å²) < 4.78 is 0. The van der Waals surface area contributed by atoms with Crippen LogP contribution in [0.25, 0.3) is 0 Å². The van der Waals surface area contributed by atoms with E-state index >= 15 is 0 Å². The van der Waals surface area contributed by atoms with Crippen molar-refractivity contribution in [1.82, 2.24) is 4.98 Å². The van der Waals surface area contributed by atoms with Gasteiger partial charge in [0.05, 0.1) is 10.7 Å². The van der Waals surface area contributed by atoms with Crippen molar-refractivity contribution in [3.8, 4) is 0 Å². The van der Waals surface area contributed by atoms with Crippen LogP contribution >= 0.6 is 11.6 Å². The molecule has 1 heterocycles. The zero-order valence-corrected chi connectivity index (χ0v) is 10.0. The lowest BCUT2D eigenvalue weighted by Gasteiger charge is -2.09. The number of rotatable bonds is 2. The number of para-hydroxylation sites is 1. The lowest BCUT2D eigenvalue weighted by Crippen LogP contribution is -2.14. The van der Waals surface area contributed by atoms with Gasteiger partial charge < -0.3 is 5.32 Å². The minimum atomic E-state index is -0.262. The number of aryl methyl sites for hydroxylation is 1. The van der Waals surface area contributed by atoms with Gasteiger partial charge in [-0.05, 0) is 30.7 Å². The third kappa shape index (κ3) is 2.63. The van der Waals surface area contributed by atoms with E-state index in [2.05, 4.69) is 10.3 Å². The van der Waals surface area contributed by atoms with Gasteiger partial charge in [0.15, 0.2) is 0 Å². The third-order valence-electron chi connectivity index (χ3n) is 2.36. The highest BCUT2D eigenvalue weighted by molar-refractivity contribution is 6.34. The average molecular weight is 247 g/mol.